The van der Waals surface area contributed by atoms with E-state index in [0.29, 0.717) is 0 Å². The maximum Gasteiger partial charge on any atom is 0.142 e. The Hall–Kier alpha value is -0.600. The molecule has 0 amide bonds. The van der Waals surface area contributed by atoms with Crippen LogP contribution in [0, 0.1) is 5.82 Å². The molecule has 0 saturated carbocycles. The van der Waals surface area contributed by atoms with Crippen LogP contribution in [0.15, 0.2) is 18.2 Å². The molecular weight excluding hydrogens is 213 g/mol. The van der Waals surface area contributed by atoms with Crippen LogP contribution in [0.25, 0.3) is 0 Å². The molecule has 1 unspecified atom stereocenters. The SMILES string of the molecule is CCCCC(NC)c1cccc(F)c1Cl. The summed E-state index contributed by atoms with van der Waals surface area (Å²) in [5.74, 6) is -0.342. The van der Waals surface area contributed by atoms with Crippen molar-refractivity contribution in [2.75, 3.05) is 7.05 Å². The predicted molar refractivity (Wildman–Crippen MR) is 62.7 cm³/mol. The summed E-state index contributed by atoms with van der Waals surface area (Å²) in [5.41, 5.74) is 0.854. The smallest absolute Gasteiger partial charge is 0.142 e. The normalized spacial score (nSPS) is 12.8. The Morgan fingerprint density at radius 3 is 2.80 bits per heavy atom. The summed E-state index contributed by atoms with van der Waals surface area (Å²) in [6.45, 7) is 2.14. The fourth-order valence-corrected chi connectivity index (χ4v) is 1.91. The Balaban J connectivity index is 2.86. The fraction of sp³-hybridized carbons (Fsp3) is 0.500. The molecule has 1 aromatic rings. The highest BCUT2D eigenvalue weighted by Gasteiger charge is 2.14. The first kappa shape index (κ1) is 12.5. The van der Waals surface area contributed by atoms with Gasteiger partial charge in [-0.05, 0) is 25.1 Å². The van der Waals surface area contributed by atoms with Crippen molar-refractivity contribution in [2.45, 2.75) is 32.2 Å². The first-order valence-electron chi connectivity index (χ1n) is 5.31. The highest BCUT2D eigenvalue weighted by molar-refractivity contribution is 6.31. The standard InChI is InChI=1S/C12H17ClFN/c1-3-4-8-11(15-2)9-6-5-7-10(14)12(9)13/h5-7,11,15H,3-4,8H2,1-2H3. The van der Waals surface area contributed by atoms with Gasteiger partial charge < -0.3 is 5.32 Å². The summed E-state index contributed by atoms with van der Waals surface area (Å²) in [6, 6.07) is 5.11. The summed E-state index contributed by atoms with van der Waals surface area (Å²) in [4.78, 5) is 0. The molecule has 1 atom stereocenters. The molecule has 84 valence electrons. The second kappa shape index (κ2) is 6.09. The molecule has 3 heteroatoms. The molecule has 0 fully saturated rings. The van der Waals surface area contributed by atoms with Gasteiger partial charge in [-0.2, -0.15) is 0 Å². The second-order valence-corrected chi connectivity index (χ2v) is 4.00. The number of hydrogen-bond acceptors (Lipinski definition) is 1. The minimum atomic E-state index is -0.342. The van der Waals surface area contributed by atoms with E-state index in [2.05, 4.69) is 12.2 Å². The fourth-order valence-electron chi connectivity index (χ4n) is 1.65. The number of hydrogen-bond donors (Lipinski definition) is 1. The zero-order valence-electron chi connectivity index (χ0n) is 9.19. The largest absolute Gasteiger partial charge is 0.313 e. The van der Waals surface area contributed by atoms with Crippen LogP contribution in [0.4, 0.5) is 4.39 Å². The monoisotopic (exact) mass is 229 g/mol. The molecule has 0 spiro atoms. The van der Waals surface area contributed by atoms with Crippen LogP contribution in [0.3, 0.4) is 0 Å². The predicted octanol–water partition coefficient (Wildman–Crippen LogP) is 3.93. The topological polar surface area (TPSA) is 12.0 Å². The third-order valence-corrected chi connectivity index (χ3v) is 2.95. The van der Waals surface area contributed by atoms with Gasteiger partial charge in [0, 0.05) is 6.04 Å². The van der Waals surface area contributed by atoms with Crippen LogP contribution in [0.5, 0.6) is 0 Å². The van der Waals surface area contributed by atoms with E-state index in [1.165, 1.54) is 6.07 Å². The molecule has 0 bridgehead atoms. The molecule has 1 aromatic carbocycles. The van der Waals surface area contributed by atoms with Gasteiger partial charge >= 0.3 is 0 Å². The molecule has 0 aromatic heterocycles. The van der Waals surface area contributed by atoms with Crippen molar-refractivity contribution in [3.8, 4) is 0 Å². The van der Waals surface area contributed by atoms with Crippen molar-refractivity contribution in [1.82, 2.24) is 5.32 Å². The van der Waals surface area contributed by atoms with E-state index in [1.807, 2.05) is 13.1 Å². The molecule has 0 aliphatic heterocycles. The maximum absolute atomic E-state index is 13.2. The minimum Gasteiger partial charge on any atom is -0.313 e. The lowest BCUT2D eigenvalue weighted by molar-refractivity contribution is 0.518. The highest BCUT2D eigenvalue weighted by Crippen LogP contribution is 2.28. The molecule has 0 aliphatic rings. The quantitative estimate of drug-likeness (QED) is 0.807. The number of unbranched alkanes of at least 4 members (excludes halogenated alkanes) is 1. The van der Waals surface area contributed by atoms with Gasteiger partial charge in [-0.3, -0.25) is 0 Å². The Bertz CT molecular complexity index is 314. The number of benzene rings is 1. The van der Waals surface area contributed by atoms with Gasteiger partial charge in [0.05, 0.1) is 5.02 Å². The number of nitrogens with one attached hydrogen (secondary N) is 1. The van der Waals surface area contributed by atoms with Crippen molar-refractivity contribution in [1.29, 1.82) is 0 Å². The van der Waals surface area contributed by atoms with Gasteiger partial charge in [0.2, 0.25) is 0 Å². The van der Waals surface area contributed by atoms with Crippen LogP contribution < -0.4 is 5.32 Å². The molecule has 0 aliphatic carbocycles. The van der Waals surface area contributed by atoms with E-state index in [0.717, 1.165) is 24.8 Å². The molecular formula is C12H17ClFN. The van der Waals surface area contributed by atoms with Crippen LogP contribution in [-0.2, 0) is 0 Å². The van der Waals surface area contributed by atoms with Gasteiger partial charge in [0.15, 0.2) is 0 Å². The summed E-state index contributed by atoms with van der Waals surface area (Å²) in [6.07, 6.45) is 3.22. The van der Waals surface area contributed by atoms with Gasteiger partial charge in [-0.15, -0.1) is 0 Å². The van der Waals surface area contributed by atoms with Crippen LogP contribution in [0.1, 0.15) is 37.8 Å². The van der Waals surface area contributed by atoms with Crippen LogP contribution in [0.2, 0.25) is 5.02 Å². The Morgan fingerprint density at radius 1 is 1.47 bits per heavy atom. The van der Waals surface area contributed by atoms with Crippen LogP contribution in [-0.4, -0.2) is 7.05 Å². The third kappa shape index (κ3) is 3.18. The first-order chi connectivity index (χ1) is 7.20. The van der Waals surface area contributed by atoms with Crippen molar-refractivity contribution >= 4 is 11.6 Å². The lowest BCUT2D eigenvalue weighted by Gasteiger charge is -2.17. The lowest BCUT2D eigenvalue weighted by atomic mass is 10.0. The Labute approximate surface area is 95.6 Å². The molecule has 0 radical (unpaired) electrons. The maximum atomic E-state index is 13.2. The molecule has 15 heavy (non-hydrogen) atoms. The van der Waals surface area contributed by atoms with E-state index >= 15 is 0 Å². The molecule has 1 nitrogen and oxygen atoms in total. The van der Waals surface area contributed by atoms with Crippen molar-refractivity contribution in [3.63, 3.8) is 0 Å². The summed E-state index contributed by atoms with van der Waals surface area (Å²) >= 11 is 5.93. The van der Waals surface area contributed by atoms with E-state index in [-0.39, 0.29) is 16.9 Å². The van der Waals surface area contributed by atoms with Crippen LogP contribution >= 0.6 is 11.6 Å². The number of halogens is 2. The third-order valence-electron chi connectivity index (χ3n) is 2.55. The summed E-state index contributed by atoms with van der Waals surface area (Å²) in [5, 5.41) is 3.41. The minimum absolute atomic E-state index is 0.146. The Kier molecular flexibility index (Phi) is 5.06. The summed E-state index contributed by atoms with van der Waals surface area (Å²) in [7, 11) is 1.88. The van der Waals surface area contributed by atoms with E-state index in [4.69, 9.17) is 11.6 Å². The van der Waals surface area contributed by atoms with Gasteiger partial charge in [0.25, 0.3) is 0 Å². The van der Waals surface area contributed by atoms with Gasteiger partial charge in [-0.1, -0.05) is 43.5 Å². The molecule has 1 rings (SSSR count). The molecule has 1 N–H and O–H groups in total. The second-order valence-electron chi connectivity index (χ2n) is 3.63. The highest BCUT2D eigenvalue weighted by atomic mass is 35.5. The van der Waals surface area contributed by atoms with Gasteiger partial charge in [0.1, 0.15) is 5.82 Å². The van der Waals surface area contributed by atoms with Crippen molar-refractivity contribution in [2.24, 2.45) is 0 Å². The van der Waals surface area contributed by atoms with Gasteiger partial charge in [-0.25, -0.2) is 4.39 Å². The first-order valence-corrected chi connectivity index (χ1v) is 5.69. The molecule has 0 heterocycles. The lowest BCUT2D eigenvalue weighted by Crippen LogP contribution is -2.16. The van der Waals surface area contributed by atoms with E-state index in [1.54, 1.807) is 6.07 Å². The average molecular weight is 230 g/mol. The zero-order chi connectivity index (χ0) is 11.3. The average Bonchev–Trinajstić information content (AvgIpc) is 2.25. The zero-order valence-corrected chi connectivity index (χ0v) is 9.94. The van der Waals surface area contributed by atoms with E-state index < -0.39 is 0 Å². The summed E-state index contributed by atoms with van der Waals surface area (Å²) < 4.78 is 13.2. The Morgan fingerprint density at radius 2 is 2.20 bits per heavy atom. The van der Waals surface area contributed by atoms with E-state index in [9.17, 15) is 4.39 Å². The number of rotatable bonds is 5. The van der Waals surface area contributed by atoms with Crippen molar-refractivity contribution in [3.05, 3.63) is 34.6 Å². The van der Waals surface area contributed by atoms with Crippen molar-refractivity contribution < 1.29 is 4.39 Å². The molecule has 0 saturated heterocycles.